The van der Waals surface area contributed by atoms with E-state index in [0.717, 1.165) is 18.2 Å². The van der Waals surface area contributed by atoms with Gasteiger partial charge in [0.15, 0.2) is 0 Å². The molecule has 0 atom stereocenters. The van der Waals surface area contributed by atoms with Gasteiger partial charge in [0.1, 0.15) is 11.3 Å². The van der Waals surface area contributed by atoms with Crippen molar-refractivity contribution >= 4 is 39.9 Å². The van der Waals surface area contributed by atoms with Gasteiger partial charge in [0.05, 0.1) is 0 Å². The summed E-state index contributed by atoms with van der Waals surface area (Å²) in [6, 6.07) is 9.13. The number of aliphatic carboxylic acids is 1. The van der Waals surface area contributed by atoms with Crippen LogP contribution in [-0.4, -0.2) is 44.2 Å². The molecule has 0 aliphatic heterocycles. The number of carboxylic acid groups (broad SMARTS) is 1. The smallest absolute Gasteiger partial charge is 1.00 e. The van der Waals surface area contributed by atoms with Gasteiger partial charge in [-0.1, -0.05) is 115 Å². The Hall–Kier alpha value is -1.33. The molecule has 178 valence electrons. The van der Waals surface area contributed by atoms with Gasteiger partial charge in [-0.05, 0) is 18.6 Å². The molecule has 2 rings (SSSR count). The van der Waals surface area contributed by atoms with Crippen molar-refractivity contribution in [1.29, 1.82) is 0 Å². The van der Waals surface area contributed by atoms with Gasteiger partial charge >= 0.3 is 29.0 Å². The summed E-state index contributed by atoms with van der Waals surface area (Å²) >= 11 is 0. The molecule has 0 bridgehead atoms. The average Bonchev–Trinajstić information content (AvgIpc) is 2.77. The Labute approximate surface area is 214 Å². The number of hydrogen-bond donors (Lipinski definition) is 2. The molecule has 1 heterocycles. The number of fused-ring (bicyclic) bond motifs is 1. The molecule has 0 saturated carbocycles. The average molecular weight is 456 g/mol. The van der Waals surface area contributed by atoms with Crippen LogP contribution in [0.5, 0.6) is 5.75 Å². The van der Waals surface area contributed by atoms with E-state index in [9.17, 15) is 9.90 Å². The van der Waals surface area contributed by atoms with Gasteiger partial charge in [-0.15, -0.1) is 0 Å². The van der Waals surface area contributed by atoms with Crippen molar-refractivity contribution in [3.8, 4) is 5.75 Å². The molecular formula is C27H45MgNO3. The Morgan fingerprint density at radius 3 is 1.72 bits per heavy atom. The van der Waals surface area contributed by atoms with Crippen molar-refractivity contribution in [2.24, 2.45) is 0 Å². The van der Waals surface area contributed by atoms with Crippen LogP contribution in [0.1, 0.15) is 113 Å². The fraction of sp³-hybridized carbons (Fsp3) is 0.630. The van der Waals surface area contributed by atoms with E-state index in [1.807, 2.05) is 18.2 Å². The maximum absolute atomic E-state index is 10.3. The number of nitrogens with zero attached hydrogens (tertiary/aromatic N) is 1. The largest absolute Gasteiger partial charge is 2.00 e. The van der Waals surface area contributed by atoms with Crippen molar-refractivity contribution in [3.63, 3.8) is 0 Å². The van der Waals surface area contributed by atoms with Crippen LogP contribution in [-0.2, 0) is 4.79 Å². The van der Waals surface area contributed by atoms with Crippen LogP contribution in [0.2, 0.25) is 0 Å². The minimum atomic E-state index is -0.653. The third kappa shape index (κ3) is 16.3. The first-order chi connectivity index (χ1) is 15.1. The van der Waals surface area contributed by atoms with Gasteiger partial charge in [0.25, 0.3) is 0 Å². The van der Waals surface area contributed by atoms with Gasteiger partial charge in [-0.3, -0.25) is 9.78 Å². The van der Waals surface area contributed by atoms with E-state index in [1.54, 1.807) is 18.3 Å². The molecule has 0 saturated heterocycles. The predicted molar refractivity (Wildman–Crippen MR) is 139 cm³/mol. The van der Waals surface area contributed by atoms with E-state index in [2.05, 4.69) is 11.9 Å². The fourth-order valence-electron chi connectivity index (χ4n) is 3.74. The third-order valence-electron chi connectivity index (χ3n) is 5.61. The Balaban J connectivity index is -0.000000582. The number of rotatable bonds is 16. The van der Waals surface area contributed by atoms with Crippen molar-refractivity contribution in [2.75, 3.05) is 0 Å². The summed E-state index contributed by atoms with van der Waals surface area (Å²) in [5, 5.41) is 18.8. The predicted octanol–water partition coefficient (Wildman–Crippen LogP) is 8.12. The van der Waals surface area contributed by atoms with Crippen molar-refractivity contribution in [1.82, 2.24) is 4.98 Å². The van der Waals surface area contributed by atoms with Crippen LogP contribution in [0.3, 0.4) is 0 Å². The number of benzene rings is 1. The van der Waals surface area contributed by atoms with Crippen molar-refractivity contribution in [2.45, 2.75) is 110 Å². The zero-order chi connectivity index (χ0) is 22.6. The van der Waals surface area contributed by atoms with E-state index in [4.69, 9.17) is 5.11 Å². The summed E-state index contributed by atoms with van der Waals surface area (Å²) in [6.07, 6.45) is 21.9. The maximum atomic E-state index is 10.3. The van der Waals surface area contributed by atoms with Gasteiger partial charge in [0, 0.05) is 18.0 Å². The second-order valence-corrected chi connectivity index (χ2v) is 8.45. The molecule has 0 aliphatic carbocycles. The monoisotopic (exact) mass is 455 g/mol. The molecule has 5 heteroatoms. The number of aromatic hydroxyl groups is 1. The zero-order valence-corrected chi connectivity index (χ0v) is 21.6. The van der Waals surface area contributed by atoms with E-state index in [-0.39, 0.29) is 31.7 Å². The molecule has 2 N–H and O–H groups in total. The number of pyridine rings is 1. The third-order valence-corrected chi connectivity index (χ3v) is 5.61. The molecule has 4 nitrogen and oxygen atoms in total. The number of hydrogen-bond acceptors (Lipinski definition) is 3. The summed E-state index contributed by atoms with van der Waals surface area (Å²) in [6.45, 7) is 2.27. The summed E-state index contributed by atoms with van der Waals surface area (Å²) in [7, 11) is 0. The van der Waals surface area contributed by atoms with Crippen LogP contribution in [0, 0.1) is 0 Å². The van der Waals surface area contributed by atoms with Crippen LogP contribution < -0.4 is 0 Å². The molecule has 2 aromatic rings. The standard InChI is InChI=1S/C18H36O2.C9H7NO.Mg.2H/c1-2-3-4-5-6-7-8-9-10-11-12-13-14-15-16-17-18(19)20;11-8-5-1-3-7-4-2-6-10-9(7)8;;;/h2-17H2,1H3,(H,19,20);1-6,11H;;;/q;;+2;2*-1. The van der Waals surface area contributed by atoms with Gasteiger partial charge in [-0.2, -0.15) is 0 Å². The molecule has 0 spiro atoms. The summed E-state index contributed by atoms with van der Waals surface area (Å²) in [4.78, 5) is 14.4. The van der Waals surface area contributed by atoms with E-state index in [1.165, 1.54) is 83.5 Å². The molecule has 0 amide bonds. The number of carbonyl (C=O) groups is 1. The number of aromatic nitrogens is 1. The molecule has 0 unspecified atom stereocenters. The number of carboxylic acids is 1. The van der Waals surface area contributed by atoms with Gasteiger partial charge < -0.3 is 13.1 Å². The second kappa shape index (κ2) is 21.5. The molecule has 0 aliphatic rings. The molecule has 32 heavy (non-hydrogen) atoms. The fourth-order valence-corrected chi connectivity index (χ4v) is 3.74. The van der Waals surface area contributed by atoms with Gasteiger partial charge in [-0.25, -0.2) is 0 Å². The van der Waals surface area contributed by atoms with Crippen molar-refractivity contribution in [3.05, 3.63) is 36.5 Å². The Kier molecular flexibility index (Phi) is 20.6. The van der Waals surface area contributed by atoms with Crippen LogP contribution in [0.4, 0.5) is 0 Å². The quantitative estimate of drug-likeness (QED) is 0.198. The molecule has 0 fully saturated rings. The molecule has 1 aromatic carbocycles. The topological polar surface area (TPSA) is 70.4 Å². The second-order valence-electron chi connectivity index (χ2n) is 8.45. The van der Waals surface area contributed by atoms with Crippen LogP contribution >= 0.6 is 0 Å². The number of phenolic OH excluding ortho intramolecular Hbond substituents is 1. The van der Waals surface area contributed by atoms with Gasteiger partial charge in [0.2, 0.25) is 0 Å². The van der Waals surface area contributed by atoms with E-state index >= 15 is 0 Å². The van der Waals surface area contributed by atoms with E-state index in [0.29, 0.717) is 11.9 Å². The molecule has 0 radical (unpaired) electrons. The van der Waals surface area contributed by atoms with E-state index < -0.39 is 5.97 Å². The summed E-state index contributed by atoms with van der Waals surface area (Å²) in [5.74, 6) is -0.414. The van der Waals surface area contributed by atoms with Crippen molar-refractivity contribution < 1.29 is 17.9 Å². The van der Waals surface area contributed by atoms with Crippen LogP contribution in [0.25, 0.3) is 10.9 Å². The SMILES string of the molecule is CCCCCCCCCCCCCCCCCC(=O)O.Oc1cccc2cccnc12.[H-].[H-].[Mg+2]. The minimum Gasteiger partial charge on any atom is -1.00 e. The Bertz CT molecular complexity index is 714. The Morgan fingerprint density at radius 2 is 1.25 bits per heavy atom. The Morgan fingerprint density at radius 1 is 0.781 bits per heavy atom. The first-order valence-corrected chi connectivity index (χ1v) is 12.4. The normalized spacial score (nSPS) is 10.3. The summed E-state index contributed by atoms with van der Waals surface area (Å²) < 4.78 is 0. The first kappa shape index (κ1) is 30.7. The van der Waals surface area contributed by atoms with Crippen LogP contribution in [0.15, 0.2) is 36.5 Å². The molecular weight excluding hydrogens is 411 g/mol. The first-order valence-electron chi connectivity index (χ1n) is 12.4. The number of phenols is 1. The summed E-state index contributed by atoms with van der Waals surface area (Å²) in [5.41, 5.74) is 0.662. The minimum absolute atomic E-state index is 0. The maximum Gasteiger partial charge on any atom is 2.00 e. The molecule has 1 aromatic heterocycles. The number of para-hydroxylation sites is 1. The zero-order valence-electron chi connectivity index (χ0n) is 22.2. The number of unbranched alkanes of at least 4 members (excludes halogenated alkanes) is 14.